The van der Waals surface area contributed by atoms with Gasteiger partial charge in [-0.1, -0.05) is 41.9 Å². The van der Waals surface area contributed by atoms with Gasteiger partial charge in [-0.2, -0.15) is 0 Å². The maximum atomic E-state index is 13.1. The van der Waals surface area contributed by atoms with Crippen LogP contribution in [-0.2, 0) is 11.3 Å². The van der Waals surface area contributed by atoms with Crippen LogP contribution in [0.15, 0.2) is 65.6 Å². The molecule has 2 amide bonds. The lowest BCUT2D eigenvalue weighted by Crippen LogP contribution is -2.27. The summed E-state index contributed by atoms with van der Waals surface area (Å²) in [5.74, 6) is -0.636. The number of amides is 2. The zero-order valence-electron chi connectivity index (χ0n) is 19.0. The average molecular weight is 542 g/mol. The van der Waals surface area contributed by atoms with E-state index in [0.717, 1.165) is 34.9 Å². The first-order valence-electron chi connectivity index (χ1n) is 10.5. The predicted molar refractivity (Wildman–Crippen MR) is 136 cm³/mol. The molecule has 0 aromatic heterocycles. The topological polar surface area (TPSA) is 142 Å². The summed E-state index contributed by atoms with van der Waals surface area (Å²) in [5, 5.41) is 22.5. The third-order valence-corrected chi connectivity index (χ3v) is 6.51. The Bertz CT molecular complexity index is 1480. The van der Waals surface area contributed by atoms with Crippen LogP contribution in [0.2, 0.25) is 5.02 Å². The Morgan fingerprint density at radius 3 is 2.43 bits per heavy atom. The highest BCUT2D eigenvalue weighted by Crippen LogP contribution is 2.42. The molecular formula is C24H16ClN3O8S. The van der Waals surface area contributed by atoms with Crippen LogP contribution in [0.25, 0.3) is 6.08 Å². The number of carbonyl (C=O) groups excluding carboxylic acids is 2. The van der Waals surface area contributed by atoms with Crippen LogP contribution >= 0.6 is 23.4 Å². The fourth-order valence-electron chi connectivity index (χ4n) is 3.45. The lowest BCUT2D eigenvalue weighted by molar-refractivity contribution is -0.394. The van der Waals surface area contributed by atoms with Gasteiger partial charge in [0.2, 0.25) is 5.75 Å². The molecule has 0 aliphatic carbocycles. The molecule has 4 rings (SSSR count). The third-order valence-electron chi connectivity index (χ3n) is 5.24. The van der Waals surface area contributed by atoms with Crippen molar-refractivity contribution >= 4 is 52.0 Å². The van der Waals surface area contributed by atoms with Gasteiger partial charge in [0.15, 0.2) is 11.5 Å². The van der Waals surface area contributed by atoms with Crippen LogP contribution in [-0.4, -0.2) is 33.0 Å². The number of methoxy groups -OCH3 is 1. The lowest BCUT2D eigenvalue weighted by Gasteiger charge is -2.14. The molecular weight excluding hydrogens is 526 g/mol. The van der Waals surface area contributed by atoms with E-state index >= 15 is 0 Å². The lowest BCUT2D eigenvalue weighted by atomic mass is 10.1. The molecule has 1 heterocycles. The third kappa shape index (κ3) is 5.39. The van der Waals surface area contributed by atoms with E-state index in [1.54, 1.807) is 36.4 Å². The van der Waals surface area contributed by atoms with E-state index in [1.165, 1.54) is 19.3 Å². The van der Waals surface area contributed by atoms with Gasteiger partial charge >= 0.3 is 5.69 Å². The highest BCUT2D eigenvalue weighted by molar-refractivity contribution is 8.18. The molecule has 0 bridgehead atoms. The number of hydrogen-bond donors (Lipinski definition) is 0. The van der Waals surface area contributed by atoms with Gasteiger partial charge in [0, 0.05) is 16.7 Å². The maximum Gasteiger partial charge on any atom is 0.318 e. The molecule has 0 spiro atoms. The van der Waals surface area contributed by atoms with Gasteiger partial charge in [0.1, 0.15) is 0 Å². The van der Waals surface area contributed by atoms with Crippen molar-refractivity contribution in [2.24, 2.45) is 0 Å². The van der Waals surface area contributed by atoms with E-state index in [1.807, 2.05) is 0 Å². The summed E-state index contributed by atoms with van der Waals surface area (Å²) >= 11 is 6.89. The molecule has 0 saturated carbocycles. The van der Waals surface area contributed by atoms with Crippen molar-refractivity contribution in [1.29, 1.82) is 0 Å². The van der Waals surface area contributed by atoms with Crippen molar-refractivity contribution < 1.29 is 28.9 Å². The molecule has 13 heteroatoms. The molecule has 1 aliphatic heterocycles. The summed E-state index contributed by atoms with van der Waals surface area (Å²) in [6, 6.07) is 14.5. The number of benzene rings is 3. The first-order valence-corrected chi connectivity index (χ1v) is 11.7. The maximum absolute atomic E-state index is 13.1. The van der Waals surface area contributed by atoms with Gasteiger partial charge in [-0.05, 0) is 41.6 Å². The molecule has 0 atom stereocenters. The smallest absolute Gasteiger partial charge is 0.318 e. The Kier molecular flexibility index (Phi) is 7.41. The number of thioether (sulfide) groups is 1. The minimum absolute atomic E-state index is 0.0138. The van der Waals surface area contributed by atoms with Crippen molar-refractivity contribution in [3.63, 3.8) is 0 Å². The zero-order chi connectivity index (χ0) is 26.7. The van der Waals surface area contributed by atoms with Crippen LogP contribution in [0.5, 0.6) is 17.2 Å². The summed E-state index contributed by atoms with van der Waals surface area (Å²) in [4.78, 5) is 47.8. The van der Waals surface area contributed by atoms with Crippen molar-refractivity contribution in [3.05, 3.63) is 102 Å². The minimum Gasteiger partial charge on any atom is -0.493 e. The number of nitro groups is 2. The van der Waals surface area contributed by atoms with Crippen LogP contribution in [0, 0.1) is 20.2 Å². The van der Waals surface area contributed by atoms with Gasteiger partial charge in [-0.25, -0.2) is 0 Å². The Hall–Kier alpha value is -4.42. The number of nitrogens with zero attached hydrogens (tertiary/aromatic N) is 3. The number of nitro benzene ring substituents is 2. The first-order chi connectivity index (χ1) is 17.7. The Labute approximate surface area is 218 Å². The van der Waals surface area contributed by atoms with E-state index in [0.29, 0.717) is 10.6 Å². The van der Waals surface area contributed by atoms with Crippen LogP contribution < -0.4 is 9.47 Å². The standard InChI is InChI=1S/C24H16ClN3O8S/c1-35-20-8-4-6-14(22(20)36-19-10-9-16(27(31)32)12-18(19)28(33)34)11-21-23(29)26(24(30)37-21)13-15-5-2-3-7-17(15)25/h2-12H,13H2,1H3/b21-11+. The second kappa shape index (κ2) is 10.7. The van der Waals surface area contributed by atoms with Gasteiger partial charge in [-0.3, -0.25) is 34.7 Å². The fourth-order valence-corrected chi connectivity index (χ4v) is 4.47. The summed E-state index contributed by atoms with van der Waals surface area (Å²) < 4.78 is 11.1. The molecule has 11 nitrogen and oxygen atoms in total. The fraction of sp³-hybridized carbons (Fsp3) is 0.0833. The largest absolute Gasteiger partial charge is 0.493 e. The number of para-hydroxylation sites is 1. The Balaban J connectivity index is 1.70. The molecule has 1 saturated heterocycles. The second-order valence-corrected chi connectivity index (χ2v) is 8.91. The number of hydrogen-bond acceptors (Lipinski definition) is 9. The quantitative estimate of drug-likeness (QED) is 0.185. The van der Waals surface area contributed by atoms with E-state index in [-0.39, 0.29) is 34.3 Å². The molecule has 0 N–H and O–H groups in total. The average Bonchev–Trinajstić information content (AvgIpc) is 3.13. The predicted octanol–water partition coefficient (Wildman–Crippen LogP) is 6.19. The zero-order valence-corrected chi connectivity index (χ0v) is 20.5. The summed E-state index contributed by atoms with van der Waals surface area (Å²) in [6.45, 7) is -0.0157. The molecule has 3 aromatic rings. The number of imide groups is 1. The number of ether oxygens (including phenoxy) is 2. The van der Waals surface area contributed by atoms with E-state index in [4.69, 9.17) is 21.1 Å². The molecule has 1 fully saturated rings. The van der Waals surface area contributed by atoms with Gasteiger partial charge in [-0.15, -0.1) is 0 Å². The monoisotopic (exact) mass is 541 g/mol. The number of carbonyl (C=O) groups is 2. The highest BCUT2D eigenvalue weighted by Gasteiger charge is 2.35. The highest BCUT2D eigenvalue weighted by atomic mass is 35.5. The number of halogens is 1. The SMILES string of the molecule is COc1cccc(/C=C2/SC(=O)N(Cc3ccccc3Cl)C2=O)c1Oc1ccc([N+](=O)[O-])cc1[N+](=O)[O-]. The summed E-state index contributed by atoms with van der Waals surface area (Å²) in [6.07, 6.45) is 1.41. The van der Waals surface area contributed by atoms with E-state index in [2.05, 4.69) is 0 Å². The van der Waals surface area contributed by atoms with Crippen molar-refractivity contribution in [2.45, 2.75) is 6.54 Å². The first kappa shape index (κ1) is 25.7. The van der Waals surface area contributed by atoms with Gasteiger partial charge < -0.3 is 9.47 Å². The number of non-ortho nitro benzene ring substituents is 1. The normalized spacial score (nSPS) is 14.2. The second-order valence-electron chi connectivity index (χ2n) is 7.51. The molecule has 37 heavy (non-hydrogen) atoms. The van der Waals surface area contributed by atoms with Crippen LogP contribution in [0.1, 0.15) is 11.1 Å². The Morgan fingerprint density at radius 2 is 1.76 bits per heavy atom. The molecule has 0 unspecified atom stereocenters. The van der Waals surface area contributed by atoms with Crippen LogP contribution in [0.4, 0.5) is 16.2 Å². The van der Waals surface area contributed by atoms with Gasteiger partial charge in [0.05, 0.1) is 34.5 Å². The molecule has 0 radical (unpaired) electrons. The molecule has 3 aromatic carbocycles. The molecule has 1 aliphatic rings. The minimum atomic E-state index is -0.808. The van der Waals surface area contributed by atoms with Crippen molar-refractivity contribution in [1.82, 2.24) is 4.90 Å². The summed E-state index contributed by atoms with van der Waals surface area (Å²) in [7, 11) is 1.35. The van der Waals surface area contributed by atoms with E-state index < -0.39 is 32.4 Å². The summed E-state index contributed by atoms with van der Waals surface area (Å²) in [5.41, 5.74) is -0.226. The number of rotatable bonds is 8. The van der Waals surface area contributed by atoms with E-state index in [9.17, 15) is 29.8 Å². The Morgan fingerprint density at radius 1 is 1.00 bits per heavy atom. The van der Waals surface area contributed by atoms with Crippen molar-refractivity contribution in [2.75, 3.05) is 7.11 Å². The van der Waals surface area contributed by atoms with Crippen LogP contribution in [0.3, 0.4) is 0 Å². The van der Waals surface area contributed by atoms with Crippen molar-refractivity contribution in [3.8, 4) is 17.2 Å². The van der Waals surface area contributed by atoms with Gasteiger partial charge in [0.25, 0.3) is 16.8 Å². The molecule has 188 valence electrons.